The molecular weight excluding hydrogens is 370 g/mol. The Morgan fingerprint density at radius 1 is 1.26 bits per heavy atom. The Balaban J connectivity index is 0.00000261. The fourth-order valence-corrected chi connectivity index (χ4v) is 3.00. The van der Waals surface area contributed by atoms with Crippen LogP contribution < -0.4 is 16.0 Å². The summed E-state index contributed by atoms with van der Waals surface area (Å²) in [6.07, 6.45) is 4.72. The van der Waals surface area contributed by atoms with E-state index < -0.39 is 5.60 Å². The summed E-state index contributed by atoms with van der Waals surface area (Å²) < 4.78 is 7.18. The molecule has 0 radical (unpaired) electrons. The van der Waals surface area contributed by atoms with Crippen molar-refractivity contribution < 1.29 is 14.3 Å². The first-order chi connectivity index (χ1) is 12.6. The second kappa shape index (κ2) is 9.50. The molecule has 0 unspecified atom stereocenters. The van der Waals surface area contributed by atoms with Crippen LogP contribution in [0.1, 0.15) is 12.8 Å². The summed E-state index contributed by atoms with van der Waals surface area (Å²) >= 11 is 0. The zero-order valence-electron chi connectivity index (χ0n) is 15.1. The average molecular weight is 394 g/mol. The van der Waals surface area contributed by atoms with Crippen molar-refractivity contribution in [1.29, 1.82) is 0 Å². The molecule has 3 N–H and O–H groups in total. The van der Waals surface area contributed by atoms with Crippen LogP contribution in [0.15, 0.2) is 42.7 Å². The topological polar surface area (TPSA) is 97.3 Å². The summed E-state index contributed by atoms with van der Waals surface area (Å²) in [5.41, 5.74) is 0.703. The summed E-state index contributed by atoms with van der Waals surface area (Å²) in [6.45, 7) is 1.34. The highest BCUT2D eigenvalue weighted by Gasteiger charge is 2.39. The lowest BCUT2D eigenvalue weighted by Crippen LogP contribution is -2.55. The number of methoxy groups -OCH3 is 1. The van der Waals surface area contributed by atoms with Gasteiger partial charge in [0, 0.05) is 25.2 Å². The molecule has 1 aromatic heterocycles. The first-order valence-electron chi connectivity index (χ1n) is 8.57. The lowest BCUT2D eigenvalue weighted by atomic mass is 9.91. The monoisotopic (exact) mass is 393 g/mol. The molecule has 1 aromatic carbocycles. The third-order valence-electron chi connectivity index (χ3n) is 4.55. The predicted octanol–water partition coefficient (Wildman–Crippen LogP) is 1.12. The van der Waals surface area contributed by atoms with Gasteiger partial charge in [0.25, 0.3) is 5.91 Å². The van der Waals surface area contributed by atoms with E-state index in [2.05, 4.69) is 21.0 Å². The van der Waals surface area contributed by atoms with Crippen LogP contribution in [0, 0.1) is 0 Å². The number of anilines is 1. The number of benzene rings is 1. The number of nitrogens with zero attached hydrogens (tertiary/aromatic N) is 2. The van der Waals surface area contributed by atoms with Crippen LogP contribution in [-0.4, -0.2) is 53.9 Å². The number of hydrogen-bond acceptors (Lipinski definition) is 5. The van der Waals surface area contributed by atoms with Crippen LogP contribution in [0.2, 0.25) is 0 Å². The smallest absolute Gasteiger partial charge is 0.252 e. The molecule has 3 rings (SSSR count). The van der Waals surface area contributed by atoms with Crippen LogP contribution in [0.5, 0.6) is 0 Å². The van der Waals surface area contributed by atoms with E-state index in [0.29, 0.717) is 18.5 Å². The maximum Gasteiger partial charge on any atom is 0.252 e. The van der Waals surface area contributed by atoms with Crippen LogP contribution in [0.25, 0.3) is 5.69 Å². The SMILES string of the molecule is COC1(C(=O)NCC(=O)Nc2ccc(-n3cccn3)cc2)CCNCC1.Cl. The lowest BCUT2D eigenvalue weighted by Gasteiger charge is -2.34. The molecule has 1 aliphatic rings. The van der Waals surface area contributed by atoms with Crippen LogP contribution >= 0.6 is 12.4 Å². The van der Waals surface area contributed by atoms with Gasteiger partial charge in [-0.2, -0.15) is 5.10 Å². The molecule has 146 valence electrons. The maximum atomic E-state index is 12.4. The summed E-state index contributed by atoms with van der Waals surface area (Å²) in [5.74, 6) is -0.531. The molecule has 9 heteroatoms. The van der Waals surface area contributed by atoms with E-state index in [-0.39, 0.29) is 30.8 Å². The predicted molar refractivity (Wildman–Crippen MR) is 104 cm³/mol. The molecule has 1 aliphatic heterocycles. The van der Waals surface area contributed by atoms with Gasteiger partial charge in [0.05, 0.1) is 12.2 Å². The van der Waals surface area contributed by atoms with Crippen LogP contribution in [0.3, 0.4) is 0 Å². The van der Waals surface area contributed by atoms with Crippen molar-refractivity contribution >= 4 is 29.9 Å². The minimum atomic E-state index is -0.850. The summed E-state index contributed by atoms with van der Waals surface area (Å²) in [4.78, 5) is 24.5. The van der Waals surface area contributed by atoms with Gasteiger partial charge >= 0.3 is 0 Å². The van der Waals surface area contributed by atoms with Gasteiger partial charge in [0.2, 0.25) is 5.91 Å². The van der Waals surface area contributed by atoms with E-state index in [4.69, 9.17) is 4.74 Å². The summed E-state index contributed by atoms with van der Waals surface area (Å²) in [7, 11) is 1.53. The number of piperidine rings is 1. The third-order valence-corrected chi connectivity index (χ3v) is 4.55. The second-order valence-corrected chi connectivity index (χ2v) is 6.18. The number of ether oxygens (including phenoxy) is 1. The van der Waals surface area contributed by atoms with Crippen molar-refractivity contribution in [2.75, 3.05) is 32.1 Å². The Labute approximate surface area is 164 Å². The van der Waals surface area contributed by atoms with E-state index in [1.165, 1.54) is 7.11 Å². The number of rotatable bonds is 6. The van der Waals surface area contributed by atoms with E-state index >= 15 is 0 Å². The number of hydrogen-bond donors (Lipinski definition) is 3. The van der Waals surface area contributed by atoms with Crippen molar-refractivity contribution in [2.45, 2.75) is 18.4 Å². The molecular formula is C18H24ClN5O3. The van der Waals surface area contributed by atoms with Gasteiger partial charge in [0.15, 0.2) is 0 Å². The number of carbonyl (C=O) groups is 2. The first kappa shape index (κ1) is 20.9. The maximum absolute atomic E-state index is 12.4. The van der Waals surface area contributed by atoms with E-state index in [9.17, 15) is 9.59 Å². The van der Waals surface area contributed by atoms with E-state index in [1.54, 1.807) is 23.0 Å². The van der Waals surface area contributed by atoms with Gasteiger partial charge in [-0.15, -0.1) is 12.4 Å². The van der Waals surface area contributed by atoms with Gasteiger partial charge in [-0.3, -0.25) is 9.59 Å². The lowest BCUT2D eigenvalue weighted by molar-refractivity contribution is -0.147. The fourth-order valence-electron chi connectivity index (χ4n) is 3.00. The summed E-state index contributed by atoms with van der Waals surface area (Å²) in [5, 5.41) is 12.8. The Morgan fingerprint density at radius 2 is 1.96 bits per heavy atom. The Morgan fingerprint density at radius 3 is 2.56 bits per heavy atom. The minimum absolute atomic E-state index is 0. The molecule has 0 atom stereocenters. The Kier molecular flexibility index (Phi) is 7.35. The quantitative estimate of drug-likeness (QED) is 0.683. The minimum Gasteiger partial charge on any atom is -0.368 e. The number of amides is 2. The van der Waals surface area contributed by atoms with Gasteiger partial charge in [-0.25, -0.2) is 4.68 Å². The largest absolute Gasteiger partial charge is 0.368 e. The average Bonchev–Trinajstić information content (AvgIpc) is 3.22. The number of carbonyl (C=O) groups excluding carboxylic acids is 2. The normalized spacial score (nSPS) is 15.4. The number of nitrogens with one attached hydrogen (secondary N) is 3. The van der Waals surface area contributed by atoms with Crippen LogP contribution in [-0.2, 0) is 14.3 Å². The molecule has 1 fully saturated rings. The number of aromatic nitrogens is 2. The molecule has 2 amide bonds. The van der Waals surface area contributed by atoms with E-state index in [0.717, 1.165) is 18.8 Å². The number of halogens is 1. The zero-order valence-corrected chi connectivity index (χ0v) is 15.9. The van der Waals surface area contributed by atoms with Gasteiger partial charge in [0.1, 0.15) is 5.60 Å². The standard InChI is InChI=1S/C18H23N5O3.ClH/c1-26-18(7-10-19-11-8-18)17(25)20-13-16(24)22-14-3-5-15(6-4-14)23-12-2-9-21-23;/h2-6,9,12,19H,7-8,10-11,13H2,1H3,(H,20,25)(H,22,24);1H. The highest BCUT2D eigenvalue weighted by molar-refractivity contribution is 5.96. The molecule has 0 bridgehead atoms. The second-order valence-electron chi connectivity index (χ2n) is 6.18. The van der Waals surface area contributed by atoms with Crippen molar-refractivity contribution in [3.8, 4) is 5.69 Å². The summed E-state index contributed by atoms with van der Waals surface area (Å²) in [6, 6.07) is 9.14. The van der Waals surface area contributed by atoms with Gasteiger partial charge < -0.3 is 20.7 Å². The molecule has 2 aromatic rings. The van der Waals surface area contributed by atoms with Crippen molar-refractivity contribution in [3.05, 3.63) is 42.7 Å². The van der Waals surface area contributed by atoms with Crippen molar-refractivity contribution in [3.63, 3.8) is 0 Å². The zero-order chi connectivity index (χ0) is 18.4. The Hall–Kier alpha value is -2.42. The van der Waals surface area contributed by atoms with Gasteiger partial charge in [-0.1, -0.05) is 0 Å². The molecule has 1 saturated heterocycles. The molecule has 0 spiro atoms. The van der Waals surface area contributed by atoms with E-state index in [1.807, 2.05) is 24.4 Å². The highest BCUT2D eigenvalue weighted by Crippen LogP contribution is 2.22. The molecule has 2 heterocycles. The third kappa shape index (κ3) is 5.06. The van der Waals surface area contributed by atoms with Crippen LogP contribution in [0.4, 0.5) is 5.69 Å². The van der Waals surface area contributed by atoms with Crippen molar-refractivity contribution in [2.24, 2.45) is 0 Å². The fraction of sp³-hybridized carbons (Fsp3) is 0.389. The molecule has 0 aliphatic carbocycles. The first-order valence-corrected chi connectivity index (χ1v) is 8.57. The Bertz CT molecular complexity index is 743. The molecule has 8 nitrogen and oxygen atoms in total. The molecule has 27 heavy (non-hydrogen) atoms. The van der Waals surface area contributed by atoms with Crippen molar-refractivity contribution in [1.82, 2.24) is 20.4 Å². The molecule has 0 saturated carbocycles. The van der Waals surface area contributed by atoms with Gasteiger partial charge in [-0.05, 0) is 56.3 Å². The highest BCUT2D eigenvalue weighted by atomic mass is 35.5.